The molecule has 6 heteroatoms. The molecule has 21 heavy (non-hydrogen) atoms. The summed E-state index contributed by atoms with van der Waals surface area (Å²) in [5.74, 6) is -0.723. The van der Waals surface area contributed by atoms with Crippen LogP contribution < -0.4 is 5.32 Å². The number of aromatic carboxylic acids is 1. The average molecular weight is 290 g/mol. The third kappa shape index (κ3) is 3.90. The van der Waals surface area contributed by atoms with E-state index in [-0.39, 0.29) is 12.2 Å². The highest BCUT2D eigenvalue weighted by Gasteiger charge is 2.13. The SMILES string of the molecule is COCC(O)CCNc1nc2ccccc2cc1C(=O)O. The van der Waals surface area contributed by atoms with Crippen LogP contribution in [-0.4, -0.2) is 47.5 Å². The molecule has 1 aromatic carbocycles. The summed E-state index contributed by atoms with van der Waals surface area (Å²) >= 11 is 0. The van der Waals surface area contributed by atoms with Crippen molar-refractivity contribution in [3.05, 3.63) is 35.9 Å². The van der Waals surface area contributed by atoms with E-state index in [4.69, 9.17) is 4.74 Å². The monoisotopic (exact) mass is 290 g/mol. The first kappa shape index (κ1) is 15.2. The van der Waals surface area contributed by atoms with Crippen molar-refractivity contribution in [2.45, 2.75) is 12.5 Å². The largest absolute Gasteiger partial charge is 0.478 e. The normalized spacial score (nSPS) is 12.3. The number of hydrogen-bond acceptors (Lipinski definition) is 5. The fourth-order valence-electron chi connectivity index (χ4n) is 2.05. The highest BCUT2D eigenvalue weighted by Crippen LogP contribution is 2.20. The van der Waals surface area contributed by atoms with Gasteiger partial charge in [-0.15, -0.1) is 0 Å². The second-order valence-corrected chi connectivity index (χ2v) is 4.71. The van der Waals surface area contributed by atoms with Crippen LogP contribution in [0.1, 0.15) is 16.8 Å². The zero-order valence-corrected chi connectivity index (χ0v) is 11.7. The highest BCUT2D eigenvalue weighted by molar-refractivity contribution is 5.98. The minimum absolute atomic E-state index is 0.120. The number of carboxylic acid groups (broad SMARTS) is 1. The van der Waals surface area contributed by atoms with Crippen LogP contribution in [0.5, 0.6) is 0 Å². The molecule has 0 aliphatic heterocycles. The number of aliphatic hydroxyl groups is 1. The third-order valence-corrected chi connectivity index (χ3v) is 3.08. The molecule has 112 valence electrons. The third-order valence-electron chi connectivity index (χ3n) is 3.08. The lowest BCUT2D eigenvalue weighted by Crippen LogP contribution is -2.19. The molecule has 0 saturated carbocycles. The second-order valence-electron chi connectivity index (χ2n) is 4.71. The Morgan fingerprint density at radius 1 is 1.43 bits per heavy atom. The zero-order chi connectivity index (χ0) is 15.2. The van der Waals surface area contributed by atoms with E-state index < -0.39 is 12.1 Å². The number of aliphatic hydroxyl groups excluding tert-OH is 1. The molecule has 0 spiro atoms. The number of fused-ring (bicyclic) bond motifs is 1. The van der Waals surface area contributed by atoms with E-state index in [1.54, 1.807) is 6.07 Å². The van der Waals surface area contributed by atoms with Gasteiger partial charge in [-0.1, -0.05) is 18.2 Å². The molecule has 0 saturated heterocycles. The summed E-state index contributed by atoms with van der Waals surface area (Å²) in [4.78, 5) is 15.7. The number of anilines is 1. The maximum absolute atomic E-state index is 11.3. The standard InChI is InChI=1S/C15H18N2O4/c1-21-9-11(18)6-7-16-14-12(15(19)20)8-10-4-2-3-5-13(10)17-14/h2-5,8,11,18H,6-7,9H2,1H3,(H,16,17)(H,19,20). The second kappa shape index (κ2) is 7.01. The molecule has 0 amide bonds. The predicted octanol–water partition coefficient (Wildman–Crippen LogP) is 1.74. The van der Waals surface area contributed by atoms with Crippen molar-refractivity contribution < 1.29 is 19.7 Å². The highest BCUT2D eigenvalue weighted by atomic mass is 16.5. The van der Waals surface area contributed by atoms with Crippen LogP contribution in [0.3, 0.4) is 0 Å². The van der Waals surface area contributed by atoms with Crippen molar-refractivity contribution in [2.24, 2.45) is 0 Å². The van der Waals surface area contributed by atoms with Gasteiger partial charge in [0.25, 0.3) is 0 Å². The van der Waals surface area contributed by atoms with Crippen LogP contribution in [0, 0.1) is 0 Å². The number of hydrogen-bond donors (Lipinski definition) is 3. The summed E-state index contributed by atoms with van der Waals surface area (Å²) in [5.41, 5.74) is 0.845. The van der Waals surface area contributed by atoms with Gasteiger partial charge >= 0.3 is 5.97 Å². The molecule has 3 N–H and O–H groups in total. The van der Waals surface area contributed by atoms with Crippen LogP contribution >= 0.6 is 0 Å². The van der Waals surface area contributed by atoms with Gasteiger partial charge < -0.3 is 20.3 Å². The Bertz CT molecular complexity index is 630. The molecule has 2 aromatic rings. The molecule has 0 aliphatic rings. The number of benzene rings is 1. The van der Waals surface area contributed by atoms with E-state index in [0.717, 1.165) is 10.9 Å². The Kier molecular flexibility index (Phi) is 5.08. The molecule has 6 nitrogen and oxygen atoms in total. The lowest BCUT2D eigenvalue weighted by atomic mass is 10.1. The number of carboxylic acids is 1. The number of aromatic nitrogens is 1. The lowest BCUT2D eigenvalue weighted by molar-refractivity contribution is 0.0615. The Morgan fingerprint density at radius 3 is 2.90 bits per heavy atom. The average Bonchev–Trinajstić information content (AvgIpc) is 2.46. The van der Waals surface area contributed by atoms with Gasteiger partial charge in [-0.2, -0.15) is 0 Å². The molecule has 0 radical (unpaired) electrons. The molecule has 0 bridgehead atoms. The van der Waals surface area contributed by atoms with Gasteiger partial charge in [-0.25, -0.2) is 9.78 Å². The van der Waals surface area contributed by atoms with E-state index in [9.17, 15) is 15.0 Å². The summed E-state index contributed by atoms with van der Waals surface area (Å²) in [7, 11) is 1.52. The number of nitrogens with zero attached hydrogens (tertiary/aromatic N) is 1. The Labute approximate surface area is 122 Å². The summed E-state index contributed by atoms with van der Waals surface area (Å²) in [6.45, 7) is 0.661. The van der Waals surface area contributed by atoms with Crippen molar-refractivity contribution in [3.8, 4) is 0 Å². The molecule has 1 atom stereocenters. The van der Waals surface area contributed by atoms with Crippen molar-refractivity contribution in [2.75, 3.05) is 25.6 Å². The van der Waals surface area contributed by atoms with Gasteiger partial charge in [0.05, 0.1) is 18.2 Å². The first-order chi connectivity index (χ1) is 10.1. The fourth-order valence-corrected chi connectivity index (χ4v) is 2.05. The topological polar surface area (TPSA) is 91.7 Å². The van der Waals surface area contributed by atoms with Crippen molar-refractivity contribution in [1.29, 1.82) is 0 Å². The number of carbonyl (C=O) groups is 1. The van der Waals surface area contributed by atoms with E-state index in [1.807, 2.05) is 24.3 Å². The Hall–Kier alpha value is -2.18. The predicted molar refractivity (Wildman–Crippen MR) is 79.7 cm³/mol. The van der Waals surface area contributed by atoms with Crippen molar-refractivity contribution in [3.63, 3.8) is 0 Å². The Morgan fingerprint density at radius 2 is 2.19 bits per heavy atom. The molecule has 0 aliphatic carbocycles. The van der Waals surface area contributed by atoms with Crippen LogP contribution in [0.25, 0.3) is 10.9 Å². The molecular formula is C15H18N2O4. The number of rotatable bonds is 7. The van der Waals surface area contributed by atoms with Gasteiger partial charge in [-0.3, -0.25) is 0 Å². The van der Waals surface area contributed by atoms with Crippen LogP contribution in [0.15, 0.2) is 30.3 Å². The van der Waals surface area contributed by atoms with Crippen molar-refractivity contribution >= 4 is 22.7 Å². The molecule has 1 unspecified atom stereocenters. The number of para-hydroxylation sites is 1. The molecule has 2 rings (SSSR count). The lowest BCUT2D eigenvalue weighted by Gasteiger charge is -2.12. The summed E-state index contributed by atoms with van der Waals surface area (Å²) in [5, 5.41) is 22.6. The molecule has 1 heterocycles. The summed E-state index contributed by atoms with van der Waals surface area (Å²) in [6, 6.07) is 8.93. The van der Waals surface area contributed by atoms with E-state index in [1.165, 1.54) is 7.11 Å². The molecule has 0 fully saturated rings. The molecular weight excluding hydrogens is 272 g/mol. The molecule has 1 aromatic heterocycles. The van der Waals surface area contributed by atoms with Crippen LogP contribution in [0.2, 0.25) is 0 Å². The summed E-state index contributed by atoms with van der Waals surface area (Å²) < 4.78 is 4.84. The maximum atomic E-state index is 11.3. The Balaban J connectivity index is 2.17. The van der Waals surface area contributed by atoms with Gasteiger partial charge in [0.2, 0.25) is 0 Å². The quantitative estimate of drug-likeness (QED) is 0.719. The number of ether oxygens (including phenoxy) is 1. The van der Waals surface area contributed by atoms with Crippen molar-refractivity contribution in [1.82, 2.24) is 4.98 Å². The number of nitrogens with one attached hydrogen (secondary N) is 1. The van der Waals surface area contributed by atoms with E-state index >= 15 is 0 Å². The van der Waals surface area contributed by atoms with Crippen LogP contribution in [0.4, 0.5) is 5.82 Å². The first-order valence-corrected chi connectivity index (χ1v) is 6.65. The minimum Gasteiger partial charge on any atom is -0.478 e. The number of pyridine rings is 1. The maximum Gasteiger partial charge on any atom is 0.339 e. The van der Waals surface area contributed by atoms with Crippen LogP contribution in [-0.2, 0) is 4.74 Å². The van der Waals surface area contributed by atoms with Gasteiger partial charge in [0.1, 0.15) is 11.4 Å². The minimum atomic E-state index is -1.03. The van der Waals surface area contributed by atoms with Gasteiger partial charge in [0, 0.05) is 19.0 Å². The zero-order valence-electron chi connectivity index (χ0n) is 11.7. The fraction of sp³-hybridized carbons (Fsp3) is 0.333. The van der Waals surface area contributed by atoms with Gasteiger partial charge in [0.15, 0.2) is 0 Å². The smallest absolute Gasteiger partial charge is 0.339 e. The van der Waals surface area contributed by atoms with E-state index in [0.29, 0.717) is 18.8 Å². The number of methoxy groups -OCH3 is 1. The van der Waals surface area contributed by atoms with E-state index in [2.05, 4.69) is 10.3 Å². The first-order valence-electron chi connectivity index (χ1n) is 6.65. The van der Waals surface area contributed by atoms with Gasteiger partial charge in [-0.05, 0) is 18.6 Å². The summed E-state index contributed by atoms with van der Waals surface area (Å²) in [6.07, 6.45) is -0.141.